The van der Waals surface area contributed by atoms with Gasteiger partial charge in [0, 0.05) is 20.6 Å². The first-order valence-electron chi connectivity index (χ1n) is 4.86. The van der Waals surface area contributed by atoms with Crippen molar-refractivity contribution in [1.29, 1.82) is 0 Å². The van der Waals surface area contributed by atoms with Crippen molar-refractivity contribution in [2.45, 2.75) is 6.54 Å². The Balaban J connectivity index is 3.13. The minimum absolute atomic E-state index is 0.0228. The lowest BCUT2D eigenvalue weighted by molar-refractivity contribution is 0.701. The van der Waals surface area contributed by atoms with Crippen molar-refractivity contribution in [2.24, 2.45) is 19.8 Å². The zero-order valence-electron chi connectivity index (χ0n) is 9.35. The minimum atomic E-state index is -0.561. The number of hydrogen-bond donors (Lipinski definition) is 2. The average molecular weight is 237 g/mol. The average Bonchev–Trinajstić information content (AvgIpc) is 2.33. The number of fused-ring (bicyclic) bond motifs is 1. The van der Waals surface area contributed by atoms with Gasteiger partial charge in [-0.2, -0.15) is 0 Å². The maximum absolute atomic E-state index is 11.8. The zero-order chi connectivity index (χ0) is 12.7. The molecule has 0 aliphatic heterocycles. The number of aromatic nitrogens is 4. The van der Waals surface area contributed by atoms with Crippen molar-refractivity contribution in [2.75, 3.05) is 0 Å². The Kier molecular flexibility index (Phi) is 2.43. The first-order valence-corrected chi connectivity index (χ1v) is 4.86. The Bertz CT molecular complexity index is 767. The van der Waals surface area contributed by atoms with Crippen molar-refractivity contribution >= 4 is 11.2 Å². The minimum Gasteiger partial charge on any atom is -0.325 e. The normalized spacial score (nSPS) is 11.0. The van der Waals surface area contributed by atoms with Crippen LogP contribution in [0, 0.1) is 0 Å². The summed E-state index contributed by atoms with van der Waals surface area (Å²) in [6, 6.07) is 0. The molecule has 2 aromatic heterocycles. The lowest BCUT2D eigenvalue weighted by Gasteiger charge is -2.06. The highest BCUT2D eigenvalue weighted by atomic mass is 16.2. The number of nitrogens with two attached hydrogens (primary N) is 1. The van der Waals surface area contributed by atoms with E-state index in [9.17, 15) is 14.4 Å². The van der Waals surface area contributed by atoms with Gasteiger partial charge in [0.05, 0.1) is 0 Å². The third kappa shape index (κ3) is 1.49. The number of nitrogens with one attached hydrogen (secondary N) is 1. The molecule has 17 heavy (non-hydrogen) atoms. The van der Waals surface area contributed by atoms with Crippen molar-refractivity contribution in [3.63, 3.8) is 0 Å². The predicted molar refractivity (Wildman–Crippen MR) is 60.7 cm³/mol. The molecule has 8 nitrogen and oxygen atoms in total. The van der Waals surface area contributed by atoms with E-state index in [0.29, 0.717) is 0 Å². The van der Waals surface area contributed by atoms with Gasteiger partial charge < -0.3 is 10.7 Å². The molecule has 8 heteroatoms. The van der Waals surface area contributed by atoms with E-state index in [1.165, 1.54) is 14.1 Å². The molecule has 0 aliphatic rings. The summed E-state index contributed by atoms with van der Waals surface area (Å²) in [5.74, 6) is 0. The maximum atomic E-state index is 11.8. The number of aromatic amines is 1. The lowest BCUT2D eigenvalue weighted by atomic mass is 10.4. The van der Waals surface area contributed by atoms with Crippen molar-refractivity contribution in [1.82, 2.24) is 19.1 Å². The smallest absolute Gasteiger partial charge is 0.325 e. The SMILES string of the molecule is Cn1c(=O)c2nc(CN)c(=O)[nH]c2n(C)c1=O. The Labute approximate surface area is 94.3 Å². The molecule has 0 radical (unpaired) electrons. The second-order valence-corrected chi connectivity index (χ2v) is 3.62. The van der Waals surface area contributed by atoms with Gasteiger partial charge in [-0.15, -0.1) is 0 Å². The fourth-order valence-corrected chi connectivity index (χ4v) is 1.57. The number of aryl methyl sites for hydroxylation is 1. The molecular formula is C9H11N5O3. The van der Waals surface area contributed by atoms with Crippen LogP contribution in [-0.2, 0) is 20.6 Å². The molecule has 0 unspecified atom stereocenters. The standard InChI is InChI=1S/C9H11N5O3/c1-13-6-5(8(16)14(2)9(13)17)11-4(3-10)7(15)12-6/h3,10H2,1-2H3,(H,12,15). The van der Waals surface area contributed by atoms with Gasteiger partial charge in [-0.3, -0.25) is 18.7 Å². The molecule has 2 heterocycles. The molecule has 0 saturated carbocycles. The van der Waals surface area contributed by atoms with Crippen LogP contribution in [0.15, 0.2) is 14.4 Å². The van der Waals surface area contributed by atoms with E-state index in [0.717, 1.165) is 9.13 Å². The van der Waals surface area contributed by atoms with Crippen LogP contribution in [0.25, 0.3) is 11.2 Å². The molecule has 0 amide bonds. The van der Waals surface area contributed by atoms with E-state index in [1.54, 1.807) is 0 Å². The molecule has 3 N–H and O–H groups in total. The van der Waals surface area contributed by atoms with Crippen LogP contribution in [0.3, 0.4) is 0 Å². The fraction of sp³-hybridized carbons (Fsp3) is 0.333. The van der Waals surface area contributed by atoms with E-state index < -0.39 is 16.8 Å². The molecule has 90 valence electrons. The summed E-state index contributed by atoms with van der Waals surface area (Å²) in [5.41, 5.74) is 3.94. The van der Waals surface area contributed by atoms with Gasteiger partial charge in [0.2, 0.25) is 0 Å². The summed E-state index contributed by atoms with van der Waals surface area (Å²) < 4.78 is 2.08. The summed E-state index contributed by atoms with van der Waals surface area (Å²) in [7, 11) is 2.79. The lowest BCUT2D eigenvalue weighted by Crippen LogP contribution is -2.39. The van der Waals surface area contributed by atoms with Crippen molar-refractivity contribution in [3.05, 3.63) is 36.9 Å². The molecule has 0 saturated heterocycles. The molecule has 0 atom stereocenters. The molecule has 0 spiro atoms. The van der Waals surface area contributed by atoms with Crippen LogP contribution >= 0.6 is 0 Å². The first kappa shape index (κ1) is 11.3. The Morgan fingerprint density at radius 1 is 1.24 bits per heavy atom. The van der Waals surface area contributed by atoms with Crippen LogP contribution in [0.5, 0.6) is 0 Å². The third-order valence-electron chi connectivity index (χ3n) is 2.57. The highest BCUT2D eigenvalue weighted by Gasteiger charge is 2.12. The van der Waals surface area contributed by atoms with Gasteiger partial charge in [0.25, 0.3) is 11.1 Å². The van der Waals surface area contributed by atoms with Crippen LogP contribution < -0.4 is 22.5 Å². The van der Waals surface area contributed by atoms with E-state index in [4.69, 9.17) is 5.73 Å². The first-order chi connectivity index (χ1) is 7.97. The number of hydrogen-bond acceptors (Lipinski definition) is 5. The maximum Gasteiger partial charge on any atom is 0.332 e. The quantitative estimate of drug-likeness (QED) is 0.582. The Morgan fingerprint density at radius 2 is 1.88 bits per heavy atom. The summed E-state index contributed by atoms with van der Waals surface area (Å²) >= 11 is 0. The van der Waals surface area contributed by atoms with E-state index >= 15 is 0 Å². The largest absolute Gasteiger partial charge is 0.332 e. The molecule has 0 fully saturated rings. The van der Waals surface area contributed by atoms with Gasteiger partial charge >= 0.3 is 5.69 Å². The molecule has 2 rings (SSSR count). The molecule has 0 aromatic carbocycles. The van der Waals surface area contributed by atoms with Crippen molar-refractivity contribution in [3.8, 4) is 0 Å². The topological polar surface area (TPSA) is 116 Å². The summed E-state index contributed by atoms with van der Waals surface area (Å²) in [6.45, 7) is -0.0722. The van der Waals surface area contributed by atoms with Crippen LogP contribution in [-0.4, -0.2) is 19.1 Å². The monoisotopic (exact) mass is 237 g/mol. The predicted octanol–water partition coefficient (Wildman–Crippen LogP) is -2.22. The van der Waals surface area contributed by atoms with Crippen LogP contribution in [0.2, 0.25) is 0 Å². The number of H-pyrrole nitrogens is 1. The second-order valence-electron chi connectivity index (χ2n) is 3.62. The number of rotatable bonds is 1. The molecule has 0 bridgehead atoms. The van der Waals surface area contributed by atoms with E-state index in [2.05, 4.69) is 9.97 Å². The van der Waals surface area contributed by atoms with Gasteiger partial charge in [-0.1, -0.05) is 0 Å². The highest BCUT2D eigenvalue weighted by Crippen LogP contribution is 1.97. The Hall–Kier alpha value is -2.22. The summed E-state index contributed by atoms with van der Waals surface area (Å²) in [4.78, 5) is 41.3. The third-order valence-corrected chi connectivity index (χ3v) is 2.57. The molecule has 2 aromatic rings. The van der Waals surface area contributed by atoms with Crippen LogP contribution in [0.1, 0.15) is 5.69 Å². The van der Waals surface area contributed by atoms with Gasteiger partial charge in [-0.25, -0.2) is 9.78 Å². The molecule has 0 aliphatic carbocycles. The zero-order valence-corrected chi connectivity index (χ0v) is 9.35. The summed E-state index contributed by atoms with van der Waals surface area (Å²) in [5, 5.41) is 0. The van der Waals surface area contributed by atoms with Gasteiger partial charge in [0.15, 0.2) is 5.52 Å². The van der Waals surface area contributed by atoms with Gasteiger partial charge in [-0.05, 0) is 0 Å². The van der Waals surface area contributed by atoms with Crippen molar-refractivity contribution < 1.29 is 0 Å². The van der Waals surface area contributed by atoms with E-state index in [-0.39, 0.29) is 23.4 Å². The Morgan fingerprint density at radius 3 is 2.47 bits per heavy atom. The summed E-state index contributed by atoms with van der Waals surface area (Å²) in [6.07, 6.45) is 0. The van der Waals surface area contributed by atoms with Crippen LogP contribution in [0.4, 0.5) is 0 Å². The fourth-order valence-electron chi connectivity index (χ4n) is 1.57. The second kappa shape index (κ2) is 3.67. The van der Waals surface area contributed by atoms with Gasteiger partial charge in [0.1, 0.15) is 11.3 Å². The highest BCUT2D eigenvalue weighted by molar-refractivity contribution is 5.68. The number of nitrogens with zero attached hydrogens (tertiary/aromatic N) is 3. The molecular weight excluding hydrogens is 226 g/mol. The van der Waals surface area contributed by atoms with E-state index in [1.807, 2.05) is 0 Å².